The first-order valence-corrected chi connectivity index (χ1v) is 7.33. The third kappa shape index (κ3) is 4.90. The molecule has 0 aromatic carbocycles. The molecule has 0 bridgehead atoms. The van der Waals surface area contributed by atoms with Crippen molar-refractivity contribution in [1.82, 2.24) is 4.98 Å². The first-order chi connectivity index (χ1) is 9.60. The maximum absolute atomic E-state index is 11.7. The largest absolute Gasteiger partial charge is 0.461 e. The number of nitrogens with zero attached hydrogens (tertiary/aromatic N) is 1. The van der Waals surface area contributed by atoms with Crippen LogP contribution in [0.5, 0.6) is 0 Å². The number of methoxy groups -OCH3 is 1. The first kappa shape index (κ1) is 16.6. The Morgan fingerprint density at radius 1 is 1.35 bits per heavy atom. The average molecular weight is 300 g/mol. The number of Topliss-reactive ketones (excluding diaryl/α,β-unsaturated/α-hetero) is 1. The van der Waals surface area contributed by atoms with Gasteiger partial charge in [-0.15, -0.1) is 0 Å². The highest BCUT2D eigenvalue weighted by atomic mass is 32.1. The number of hydrogen-bond acceptors (Lipinski definition) is 7. The smallest absolute Gasteiger partial charge is 0.358 e. The van der Waals surface area contributed by atoms with Crippen molar-refractivity contribution in [3.63, 3.8) is 0 Å². The maximum atomic E-state index is 11.7. The Morgan fingerprint density at radius 2 is 2.10 bits per heavy atom. The van der Waals surface area contributed by atoms with Crippen LogP contribution in [0, 0.1) is 0 Å². The molecular formula is C13H20N2O4S. The quantitative estimate of drug-likeness (QED) is 0.428. The summed E-state index contributed by atoms with van der Waals surface area (Å²) in [7, 11) is 1.67. The summed E-state index contributed by atoms with van der Waals surface area (Å²) in [5.41, 5.74) is 0.101. The molecule has 1 aromatic heterocycles. The molecule has 20 heavy (non-hydrogen) atoms. The standard InChI is InChI=1S/C13H20N2O4S/c1-4-19-12(17)10-11(9(2)16)20-13(15-10)14-7-5-6-8-18-3/h4-8H2,1-3H3,(H,14,15). The molecule has 0 saturated carbocycles. The van der Waals surface area contributed by atoms with E-state index >= 15 is 0 Å². The number of thiazole rings is 1. The SMILES string of the molecule is CCOC(=O)c1nc(NCCCCOC)sc1C(C)=O. The molecule has 0 aliphatic rings. The summed E-state index contributed by atoms with van der Waals surface area (Å²) in [4.78, 5) is 27.7. The van der Waals surface area contributed by atoms with Gasteiger partial charge in [0.15, 0.2) is 16.6 Å². The van der Waals surface area contributed by atoms with Gasteiger partial charge < -0.3 is 14.8 Å². The number of esters is 1. The van der Waals surface area contributed by atoms with Crippen molar-refractivity contribution in [2.75, 3.05) is 32.2 Å². The van der Waals surface area contributed by atoms with Crippen molar-refractivity contribution in [2.24, 2.45) is 0 Å². The number of carbonyl (C=O) groups excluding carboxylic acids is 2. The van der Waals surface area contributed by atoms with Crippen LogP contribution in [0.15, 0.2) is 0 Å². The zero-order valence-corrected chi connectivity index (χ0v) is 12.8. The number of hydrogen-bond donors (Lipinski definition) is 1. The average Bonchev–Trinajstić information content (AvgIpc) is 2.83. The zero-order valence-electron chi connectivity index (χ0n) is 12.0. The van der Waals surface area contributed by atoms with E-state index in [-0.39, 0.29) is 18.1 Å². The fraction of sp³-hybridized carbons (Fsp3) is 0.615. The molecule has 0 saturated heterocycles. The number of carbonyl (C=O) groups is 2. The van der Waals surface area contributed by atoms with Gasteiger partial charge in [0.25, 0.3) is 0 Å². The van der Waals surface area contributed by atoms with Gasteiger partial charge in [-0.2, -0.15) is 0 Å². The molecule has 112 valence electrons. The van der Waals surface area contributed by atoms with E-state index in [2.05, 4.69) is 10.3 Å². The van der Waals surface area contributed by atoms with Crippen molar-refractivity contribution in [1.29, 1.82) is 0 Å². The van der Waals surface area contributed by atoms with E-state index in [1.807, 2.05) is 0 Å². The molecule has 0 atom stereocenters. The molecule has 1 rings (SSSR count). The minimum absolute atomic E-state index is 0.101. The van der Waals surface area contributed by atoms with Crippen LogP contribution in [-0.4, -0.2) is 43.6 Å². The lowest BCUT2D eigenvalue weighted by Gasteiger charge is -2.01. The van der Waals surface area contributed by atoms with E-state index in [0.29, 0.717) is 16.6 Å². The lowest BCUT2D eigenvalue weighted by molar-refractivity contribution is 0.0517. The van der Waals surface area contributed by atoms with Crippen LogP contribution in [0.1, 0.15) is 46.8 Å². The van der Waals surface area contributed by atoms with Gasteiger partial charge in [-0.25, -0.2) is 9.78 Å². The van der Waals surface area contributed by atoms with Gasteiger partial charge in [0.2, 0.25) is 0 Å². The van der Waals surface area contributed by atoms with Gasteiger partial charge in [-0.1, -0.05) is 11.3 Å². The Labute approximate surface area is 122 Å². The highest BCUT2D eigenvalue weighted by Crippen LogP contribution is 2.24. The van der Waals surface area contributed by atoms with E-state index in [4.69, 9.17) is 9.47 Å². The van der Waals surface area contributed by atoms with Gasteiger partial charge in [0, 0.05) is 27.2 Å². The fourth-order valence-electron chi connectivity index (χ4n) is 1.54. The number of rotatable bonds is 9. The van der Waals surface area contributed by atoms with Crippen LogP contribution in [-0.2, 0) is 9.47 Å². The van der Waals surface area contributed by atoms with Crippen molar-refractivity contribution in [2.45, 2.75) is 26.7 Å². The van der Waals surface area contributed by atoms with Gasteiger partial charge in [-0.05, 0) is 19.8 Å². The van der Waals surface area contributed by atoms with Crippen LogP contribution in [0.2, 0.25) is 0 Å². The van der Waals surface area contributed by atoms with E-state index < -0.39 is 5.97 Å². The topological polar surface area (TPSA) is 77.5 Å². The third-order valence-corrected chi connectivity index (χ3v) is 3.58. The van der Waals surface area contributed by atoms with Gasteiger partial charge in [0.1, 0.15) is 4.88 Å². The Balaban J connectivity index is 2.66. The first-order valence-electron chi connectivity index (χ1n) is 6.51. The molecule has 0 spiro atoms. The molecule has 7 heteroatoms. The lowest BCUT2D eigenvalue weighted by Crippen LogP contribution is -2.09. The highest BCUT2D eigenvalue weighted by Gasteiger charge is 2.21. The third-order valence-electron chi connectivity index (χ3n) is 2.47. The van der Waals surface area contributed by atoms with Gasteiger partial charge in [-0.3, -0.25) is 4.79 Å². The van der Waals surface area contributed by atoms with Crippen LogP contribution in [0.4, 0.5) is 5.13 Å². The Bertz CT molecular complexity index is 459. The van der Waals surface area contributed by atoms with Crippen LogP contribution >= 0.6 is 11.3 Å². The Morgan fingerprint density at radius 3 is 2.70 bits per heavy atom. The van der Waals surface area contributed by atoms with Crippen molar-refractivity contribution in [3.8, 4) is 0 Å². The second-order valence-corrected chi connectivity index (χ2v) is 5.10. The lowest BCUT2D eigenvalue weighted by atomic mass is 10.3. The number of unbranched alkanes of at least 4 members (excludes halogenated alkanes) is 1. The maximum Gasteiger partial charge on any atom is 0.358 e. The second kappa shape index (κ2) is 8.65. The Hall–Kier alpha value is -1.47. The van der Waals surface area contributed by atoms with Crippen molar-refractivity contribution >= 4 is 28.2 Å². The summed E-state index contributed by atoms with van der Waals surface area (Å²) in [6, 6.07) is 0. The number of nitrogens with one attached hydrogen (secondary N) is 1. The molecule has 0 radical (unpaired) electrons. The van der Waals surface area contributed by atoms with E-state index in [1.165, 1.54) is 18.3 Å². The van der Waals surface area contributed by atoms with Crippen molar-refractivity contribution < 1.29 is 19.1 Å². The van der Waals surface area contributed by atoms with E-state index in [9.17, 15) is 9.59 Å². The molecule has 1 aromatic rings. The summed E-state index contributed by atoms with van der Waals surface area (Å²) < 4.78 is 9.86. The molecule has 0 unspecified atom stereocenters. The number of ether oxygens (including phenoxy) is 2. The predicted molar refractivity (Wildman–Crippen MR) is 77.7 cm³/mol. The predicted octanol–water partition coefficient (Wildman–Crippen LogP) is 2.36. The van der Waals surface area contributed by atoms with Crippen molar-refractivity contribution in [3.05, 3.63) is 10.6 Å². The number of aromatic nitrogens is 1. The van der Waals surface area contributed by atoms with Crippen LogP contribution in [0.3, 0.4) is 0 Å². The minimum atomic E-state index is -0.554. The molecule has 0 aliphatic heterocycles. The molecule has 0 fully saturated rings. The van der Waals surface area contributed by atoms with Gasteiger partial charge >= 0.3 is 5.97 Å². The number of anilines is 1. The fourth-order valence-corrected chi connectivity index (χ4v) is 2.41. The molecule has 0 aliphatic carbocycles. The summed E-state index contributed by atoms with van der Waals surface area (Å²) in [6.07, 6.45) is 1.87. The zero-order chi connectivity index (χ0) is 15.0. The highest BCUT2D eigenvalue weighted by molar-refractivity contribution is 7.17. The molecule has 6 nitrogen and oxygen atoms in total. The summed E-state index contributed by atoms with van der Waals surface area (Å²) in [6.45, 7) is 4.82. The summed E-state index contributed by atoms with van der Waals surface area (Å²) in [5, 5.41) is 3.67. The molecule has 0 amide bonds. The monoisotopic (exact) mass is 300 g/mol. The van der Waals surface area contributed by atoms with Crippen LogP contribution in [0.25, 0.3) is 0 Å². The number of ketones is 1. The van der Waals surface area contributed by atoms with E-state index in [0.717, 1.165) is 19.4 Å². The molecular weight excluding hydrogens is 280 g/mol. The Kier molecular flexibility index (Phi) is 7.17. The molecule has 1 heterocycles. The minimum Gasteiger partial charge on any atom is -0.461 e. The second-order valence-electron chi connectivity index (χ2n) is 4.10. The van der Waals surface area contributed by atoms with Gasteiger partial charge in [0.05, 0.1) is 6.61 Å². The summed E-state index contributed by atoms with van der Waals surface area (Å²) in [5.74, 6) is -0.737. The summed E-state index contributed by atoms with van der Waals surface area (Å²) >= 11 is 1.18. The normalized spacial score (nSPS) is 10.3. The molecule has 1 N–H and O–H groups in total. The van der Waals surface area contributed by atoms with E-state index in [1.54, 1.807) is 14.0 Å². The van der Waals surface area contributed by atoms with Crippen LogP contribution < -0.4 is 5.32 Å².